The standard InChI is InChI=1S/C25H24ClFN4O4/c26-15-1-3-16(4-2-15)28-23(32)14-29-7-9-30(10-8-29)22-12-21-18(11-20(22)27)24(33)19(25(34)35)13-31(21)17-5-6-17/h1-4,11-13,17H,5-10,14H2,(H,28,32)(H,34,35). The van der Waals surface area contributed by atoms with E-state index in [0.717, 1.165) is 18.9 Å². The number of carboxylic acid groups (broad SMARTS) is 1. The fourth-order valence-corrected chi connectivity index (χ4v) is 4.62. The third-order valence-electron chi connectivity index (χ3n) is 6.48. The summed E-state index contributed by atoms with van der Waals surface area (Å²) in [5.41, 5.74) is 0.570. The first-order chi connectivity index (χ1) is 16.8. The van der Waals surface area contributed by atoms with Gasteiger partial charge < -0.3 is 19.9 Å². The van der Waals surface area contributed by atoms with E-state index in [2.05, 4.69) is 5.32 Å². The number of aromatic nitrogens is 1. The van der Waals surface area contributed by atoms with Gasteiger partial charge >= 0.3 is 5.97 Å². The molecule has 1 aromatic heterocycles. The van der Waals surface area contributed by atoms with Crippen LogP contribution >= 0.6 is 11.6 Å². The molecule has 0 spiro atoms. The number of amides is 1. The number of rotatable bonds is 6. The van der Waals surface area contributed by atoms with Gasteiger partial charge in [-0.25, -0.2) is 9.18 Å². The Morgan fingerprint density at radius 2 is 1.77 bits per heavy atom. The molecule has 1 aliphatic heterocycles. The fourth-order valence-electron chi connectivity index (χ4n) is 4.49. The quantitative estimate of drug-likeness (QED) is 0.539. The molecule has 0 radical (unpaired) electrons. The molecular formula is C25H24ClFN4O4. The van der Waals surface area contributed by atoms with Crippen LogP contribution in [0.5, 0.6) is 0 Å². The summed E-state index contributed by atoms with van der Waals surface area (Å²) in [4.78, 5) is 40.5. The maximum atomic E-state index is 15.1. The first kappa shape index (κ1) is 23.3. The number of anilines is 2. The van der Waals surface area contributed by atoms with E-state index in [-0.39, 0.29) is 29.4 Å². The summed E-state index contributed by atoms with van der Waals surface area (Å²) >= 11 is 5.87. The van der Waals surface area contributed by atoms with E-state index in [0.29, 0.717) is 48.1 Å². The number of halogens is 2. The highest BCUT2D eigenvalue weighted by Crippen LogP contribution is 2.38. The van der Waals surface area contributed by atoms with Crippen LogP contribution in [0.3, 0.4) is 0 Å². The van der Waals surface area contributed by atoms with Gasteiger partial charge in [0.25, 0.3) is 0 Å². The molecule has 35 heavy (non-hydrogen) atoms. The first-order valence-corrected chi connectivity index (χ1v) is 11.8. The number of hydrogen-bond donors (Lipinski definition) is 2. The van der Waals surface area contributed by atoms with E-state index in [1.807, 2.05) is 9.80 Å². The Balaban J connectivity index is 1.31. The van der Waals surface area contributed by atoms with Crippen molar-refractivity contribution >= 4 is 45.8 Å². The zero-order chi connectivity index (χ0) is 24.7. The largest absolute Gasteiger partial charge is 0.477 e. The van der Waals surface area contributed by atoms with Crippen molar-refractivity contribution in [1.82, 2.24) is 9.47 Å². The van der Waals surface area contributed by atoms with Gasteiger partial charge in [-0.3, -0.25) is 14.5 Å². The molecule has 2 aromatic carbocycles. The second-order valence-corrected chi connectivity index (χ2v) is 9.39. The van der Waals surface area contributed by atoms with Crippen LogP contribution in [0, 0.1) is 5.82 Å². The maximum absolute atomic E-state index is 15.1. The van der Waals surface area contributed by atoms with E-state index >= 15 is 4.39 Å². The van der Waals surface area contributed by atoms with Gasteiger partial charge in [-0.2, -0.15) is 0 Å². The molecule has 1 saturated heterocycles. The summed E-state index contributed by atoms with van der Waals surface area (Å²) in [6.07, 6.45) is 3.16. The SMILES string of the molecule is O=C(CN1CCN(c2cc3c(cc2F)c(=O)c(C(=O)O)cn3C2CC2)CC1)Nc1ccc(Cl)cc1. The van der Waals surface area contributed by atoms with Crippen LogP contribution in [-0.4, -0.2) is 59.2 Å². The Kier molecular flexibility index (Phi) is 6.21. The van der Waals surface area contributed by atoms with Crippen LogP contribution in [0.1, 0.15) is 29.2 Å². The highest BCUT2D eigenvalue weighted by molar-refractivity contribution is 6.30. The van der Waals surface area contributed by atoms with Gasteiger partial charge in [-0.05, 0) is 49.2 Å². The van der Waals surface area contributed by atoms with Crippen molar-refractivity contribution in [2.45, 2.75) is 18.9 Å². The van der Waals surface area contributed by atoms with Crippen molar-refractivity contribution in [3.8, 4) is 0 Å². The lowest BCUT2D eigenvalue weighted by atomic mass is 10.1. The highest BCUT2D eigenvalue weighted by Gasteiger charge is 2.28. The first-order valence-electron chi connectivity index (χ1n) is 11.4. The Morgan fingerprint density at radius 3 is 2.40 bits per heavy atom. The zero-order valence-electron chi connectivity index (χ0n) is 18.8. The maximum Gasteiger partial charge on any atom is 0.341 e. The molecule has 10 heteroatoms. The van der Waals surface area contributed by atoms with E-state index in [4.69, 9.17) is 11.6 Å². The lowest BCUT2D eigenvalue weighted by Crippen LogP contribution is -2.49. The van der Waals surface area contributed by atoms with E-state index in [9.17, 15) is 19.5 Å². The van der Waals surface area contributed by atoms with E-state index < -0.39 is 17.2 Å². The summed E-state index contributed by atoms with van der Waals surface area (Å²) in [6, 6.07) is 9.81. The topological polar surface area (TPSA) is 94.9 Å². The van der Waals surface area contributed by atoms with Crippen molar-refractivity contribution in [2.75, 3.05) is 42.9 Å². The second-order valence-electron chi connectivity index (χ2n) is 8.95. The second kappa shape index (κ2) is 9.31. The highest BCUT2D eigenvalue weighted by atomic mass is 35.5. The van der Waals surface area contributed by atoms with Crippen LogP contribution < -0.4 is 15.6 Å². The van der Waals surface area contributed by atoms with E-state index in [1.165, 1.54) is 6.20 Å². The third-order valence-corrected chi connectivity index (χ3v) is 6.73. The summed E-state index contributed by atoms with van der Waals surface area (Å²) in [7, 11) is 0. The van der Waals surface area contributed by atoms with Crippen molar-refractivity contribution < 1.29 is 19.1 Å². The van der Waals surface area contributed by atoms with Crippen molar-refractivity contribution in [2.24, 2.45) is 0 Å². The predicted molar refractivity (Wildman–Crippen MR) is 132 cm³/mol. The molecular weight excluding hydrogens is 475 g/mol. The van der Waals surface area contributed by atoms with Gasteiger partial charge in [-0.1, -0.05) is 11.6 Å². The van der Waals surface area contributed by atoms with Crippen molar-refractivity contribution in [3.05, 3.63) is 69.2 Å². The molecule has 2 aliphatic rings. The van der Waals surface area contributed by atoms with Crippen molar-refractivity contribution in [1.29, 1.82) is 0 Å². The molecule has 182 valence electrons. The Labute approximate surface area is 205 Å². The number of carbonyl (C=O) groups excluding carboxylic acids is 1. The number of nitrogens with zero attached hydrogens (tertiary/aromatic N) is 3. The minimum atomic E-state index is -1.31. The normalized spacial score (nSPS) is 16.5. The van der Waals surface area contributed by atoms with Crippen molar-refractivity contribution in [3.63, 3.8) is 0 Å². The summed E-state index contributed by atoms with van der Waals surface area (Å²) in [5.74, 6) is -2.01. The summed E-state index contributed by atoms with van der Waals surface area (Å²) in [5, 5.41) is 12.9. The molecule has 2 fully saturated rings. The summed E-state index contributed by atoms with van der Waals surface area (Å²) in [6.45, 7) is 2.38. The number of benzene rings is 2. The van der Waals surface area contributed by atoms with Crippen LogP contribution in [0.4, 0.5) is 15.8 Å². The molecule has 1 aliphatic carbocycles. The van der Waals surface area contributed by atoms with Gasteiger partial charge in [0.15, 0.2) is 0 Å². The van der Waals surface area contributed by atoms with Crippen LogP contribution in [0.15, 0.2) is 47.4 Å². The molecule has 3 aromatic rings. The van der Waals surface area contributed by atoms with Gasteiger partial charge in [0.1, 0.15) is 11.4 Å². The molecule has 1 saturated carbocycles. The fraction of sp³-hybridized carbons (Fsp3) is 0.320. The van der Waals surface area contributed by atoms with Crippen LogP contribution in [0.2, 0.25) is 5.02 Å². The lowest BCUT2D eigenvalue weighted by molar-refractivity contribution is -0.117. The van der Waals surface area contributed by atoms with Gasteiger partial charge in [0.05, 0.1) is 17.7 Å². The third kappa shape index (κ3) is 4.87. The molecule has 1 amide bonds. The van der Waals surface area contributed by atoms with Gasteiger partial charge in [0, 0.05) is 54.5 Å². The lowest BCUT2D eigenvalue weighted by Gasteiger charge is -2.36. The number of nitrogens with one attached hydrogen (secondary N) is 1. The molecule has 0 atom stereocenters. The molecule has 2 N–H and O–H groups in total. The smallest absolute Gasteiger partial charge is 0.341 e. The number of pyridine rings is 1. The molecule has 0 bridgehead atoms. The minimum absolute atomic E-state index is 0.0792. The molecule has 2 heterocycles. The number of hydrogen-bond acceptors (Lipinski definition) is 5. The average molecular weight is 499 g/mol. The summed E-state index contributed by atoms with van der Waals surface area (Å²) < 4.78 is 16.9. The average Bonchev–Trinajstić information content (AvgIpc) is 3.67. The minimum Gasteiger partial charge on any atom is -0.477 e. The van der Waals surface area contributed by atoms with E-state index in [1.54, 1.807) is 34.9 Å². The Morgan fingerprint density at radius 1 is 1.09 bits per heavy atom. The van der Waals surface area contributed by atoms with Crippen LogP contribution in [0.25, 0.3) is 10.9 Å². The van der Waals surface area contributed by atoms with Crippen LogP contribution in [-0.2, 0) is 4.79 Å². The number of piperazine rings is 1. The molecule has 5 rings (SSSR count). The monoisotopic (exact) mass is 498 g/mol. The predicted octanol–water partition coefficient (Wildman–Crippen LogP) is 3.59. The zero-order valence-corrected chi connectivity index (χ0v) is 19.6. The number of fused-ring (bicyclic) bond motifs is 1. The Bertz CT molecular complexity index is 1360. The number of aromatic carboxylic acids is 1. The van der Waals surface area contributed by atoms with Gasteiger partial charge in [0.2, 0.25) is 11.3 Å². The van der Waals surface area contributed by atoms with Gasteiger partial charge in [-0.15, -0.1) is 0 Å². The molecule has 0 unspecified atom stereocenters. The number of carboxylic acids is 1. The Hall–Kier alpha value is -3.43. The number of carbonyl (C=O) groups is 2. The molecule has 8 nitrogen and oxygen atoms in total.